The van der Waals surface area contributed by atoms with E-state index in [0.717, 1.165) is 27.2 Å². The Morgan fingerprint density at radius 1 is 0.674 bits per heavy atom. The maximum absolute atomic E-state index is 15.6. The molecule has 46 heavy (non-hydrogen) atoms. The van der Waals surface area contributed by atoms with Crippen LogP contribution < -0.4 is 9.96 Å². The van der Waals surface area contributed by atoms with Gasteiger partial charge in [0, 0.05) is 18.1 Å². The molecule has 2 bridgehead atoms. The number of nitro groups is 1. The predicted octanol–water partition coefficient (Wildman–Crippen LogP) is 6.82. The second-order valence-corrected chi connectivity index (χ2v) is 12.2. The molecule has 5 aliphatic rings. The molecule has 10 rings (SSSR count). The molecule has 2 saturated heterocycles. The van der Waals surface area contributed by atoms with Gasteiger partial charge in [-0.2, -0.15) is 0 Å². The molecule has 2 amide bonds. The van der Waals surface area contributed by atoms with Gasteiger partial charge < -0.3 is 0 Å². The van der Waals surface area contributed by atoms with Gasteiger partial charge in [0.2, 0.25) is 11.5 Å². The molecule has 0 radical (unpaired) electrons. The minimum absolute atomic E-state index is 0.0967. The zero-order chi connectivity index (χ0) is 31.4. The molecule has 9 heteroatoms. The molecule has 5 aromatic carbocycles. The number of amides is 2. The standard InChI is InChI=1S/C37H24FN3O5/c38-23-19-17-22(18-20-23)33-36-31-27-13-4-6-15-29(27)32(30-16-7-5-14-28(30)31)37(36,46-40(33)24-9-2-1-3-10-24)35(43)39(34(36)42)25-11-8-12-26(21-25)41(44)45/h1-21,31-33H. The number of hydrogen-bond acceptors (Lipinski definition) is 6. The van der Waals surface area contributed by atoms with Crippen LogP contribution in [0.3, 0.4) is 0 Å². The molecule has 8 nitrogen and oxygen atoms in total. The third kappa shape index (κ3) is 3.05. The minimum Gasteiger partial charge on any atom is -0.273 e. The van der Waals surface area contributed by atoms with Gasteiger partial charge >= 0.3 is 0 Å². The van der Waals surface area contributed by atoms with Crippen LogP contribution in [0.1, 0.15) is 45.7 Å². The number of imide groups is 1. The van der Waals surface area contributed by atoms with E-state index in [-0.39, 0.29) is 11.4 Å². The zero-order valence-corrected chi connectivity index (χ0v) is 24.1. The monoisotopic (exact) mass is 609 g/mol. The number of anilines is 2. The van der Waals surface area contributed by atoms with Crippen LogP contribution in [0.4, 0.5) is 21.5 Å². The van der Waals surface area contributed by atoms with Crippen molar-refractivity contribution < 1.29 is 23.7 Å². The van der Waals surface area contributed by atoms with Crippen LogP contribution in [-0.4, -0.2) is 22.3 Å². The van der Waals surface area contributed by atoms with Crippen LogP contribution in [0.5, 0.6) is 0 Å². The van der Waals surface area contributed by atoms with E-state index in [2.05, 4.69) is 0 Å². The number of hydrogen-bond donors (Lipinski definition) is 0. The van der Waals surface area contributed by atoms with E-state index in [1.165, 1.54) is 36.4 Å². The summed E-state index contributed by atoms with van der Waals surface area (Å²) in [6.45, 7) is 0. The van der Waals surface area contributed by atoms with Gasteiger partial charge in [0.15, 0.2) is 0 Å². The number of non-ortho nitro benzene ring substituents is 1. The van der Waals surface area contributed by atoms with Crippen molar-refractivity contribution in [3.8, 4) is 0 Å². The largest absolute Gasteiger partial charge is 0.273 e. The van der Waals surface area contributed by atoms with Crippen LogP contribution >= 0.6 is 0 Å². The summed E-state index contributed by atoms with van der Waals surface area (Å²) in [7, 11) is 0. The lowest BCUT2D eigenvalue weighted by Crippen LogP contribution is -2.63. The van der Waals surface area contributed by atoms with Crippen molar-refractivity contribution in [3.63, 3.8) is 0 Å². The average molecular weight is 610 g/mol. The Bertz CT molecular complexity index is 2070. The van der Waals surface area contributed by atoms with Gasteiger partial charge in [-0.3, -0.25) is 24.5 Å². The summed E-state index contributed by atoms with van der Waals surface area (Å²) >= 11 is 0. The van der Waals surface area contributed by atoms with Gasteiger partial charge in [-0.15, -0.1) is 0 Å². The van der Waals surface area contributed by atoms with Gasteiger partial charge in [-0.05, 0) is 58.1 Å². The highest BCUT2D eigenvalue weighted by molar-refractivity contribution is 6.29. The van der Waals surface area contributed by atoms with Crippen molar-refractivity contribution in [2.45, 2.75) is 23.5 Å². The summed E-state index contributed by atoms with van der Waals surface area (Å²) in [6.07, 6.45) is 0. The molecular weight excluding hydrogens is 585 g/mol. The van der Waals surface area contributed by atoms with E-state index >= 15 is 9.59 Å². The van der Waals surface area contributed by atoms with E-state index in [1.807, 2.05) is 78.9 Å². The van der Waals surface area contributed by atoms with E-state index in [4.69, 9.17) is 4.84 Å². The topological polar surface area (TPSA) is 93.0 Å². The van der Waals surface area contributed by atoms with Crippen LogP contribution in [0.15, 0.2) is 127 Å². The number of para-hydroxylation sites is 1. The van der Waals surface area contributed by atoms with Crippen LogP contribution in [0.2, 0.25) is 0 Å². The van der Waals surface area contributed by atoms with Gasteiger partial charge in [-0.1, -0.05) is 84.9 Å². The fraction of sp³-hybridized carbons (Fsp3) is 0.135. The Morgan fingerprint density at radius 2 is 1.24 bits per heavy atom. The number of halogens is 1. The maximum atomic E-state index is 15.6. The maximum Gasteiger partial charge on any atom is 0.271 e. The smallest absolute Gasteiger partial charge is 0.271 e. The van der Waals surface area contributed by atoms with Crippen LogP contribution in [-0.2, 0) is 14.4 Å². The van der Waals surface area contributed by atoms with Crippen molar-refractivity contribution in [2.75, 3.05) is 9.96 Å². The van der Waals surface area contributed by atoms with Gasteiger partial charge in [0.05, 0.1) is 22.2 Å². The average Bonchev–Trinajstić information content (AvgIpc) is 3.52. The van der Waals surface area contributed by atoms with E-state index < -0.39 is 51.4 Å². The quantitative estimate of drug-likeness (QED) is 0.126. The Kier molecular flexibility index (Phi) is 5.33. The third-order valence-corrected chi connectivity index (χ3v) is 10.2. The Balaban J connectivity index is 1.42. The minimum atomic E-state index is -1.78. The Morgan fingerprint density at radius 3 is 1.85 bits per heavy atom. The lowest BCUT2D eigenvalue weighted by atomic mass is 9.43. The first-order chi connectivity index (χ1) is 22.4. The second kappa shape index (κ2) is 9.18. The number of benzene rings is 5. The summed E-state index contributed by atoms with van der Waals surface area (Å²) < 4.78 is 14.4. The first-order valence-electron chi connectivity index (χ1n) is 15.0. The van der Waals surface area contributed by atoms with E-state index in [1.54, 1.807) is 17.2 Å². The summed E-state index contributed by atoms with van der Waals surface area (Å²) in [4.78, 5) is 50.4. The molecule has 0 saturated carbocycles. The molecule has 0 N–H and O–H groups in total. The van der Waals surface area contributed by atoms with Gasteiger partial charge in [0.1, 0.15) is 17.3 Å². The summed E-state index contributed by atoms with van der Waals surface area (Å²) in [6, 6.07) is 35.6. The zero-order valence-electron chi connectivity index (χ0n) is 24.1. The van der Waals surface area contributed by atoms with Crippen molar-refractivity contribution in [2.24, 2.45) is 5.41 Å². The normalized spacial score (nSPS) is 26.8. The van der Waals surface area contributed by atoms with E-state index in [0.29, 0.717) is 11.3 Å². The molecule has 0 spiro atoms. The summed E-state index contributed by atoms with van der Waals surface area (Å²) in [5.74, 6) is -2.89. The molecule has 2 heterocycles. The number of carbonyl (C=O) groups excluding carboxylic acids is 2. The molecule has 3 aliphatic carbocycles. The lowest BCUT2D eigenvalue weighted by Gasteiger charge is -2.55. The van der Waals surface area contributed by atoms with Gasteiger partial charge in [0.25, 0.3) is 11.6 Å². The highest BCUT2D eigenvalue weighted by Crippen LogP contribution is 2.77. The van der Waals surface area contributed by atoms with Crippen molar-refractivity contribution >= 4 is 28.9 Å². The molecular formula is C37H24FN3O5. The predicted molar refractivity (Wildman–Crippen MR) is 166 cm³/mol. The van der Waals surface area contributed by atoms with Gasteiger partial charge in [-0.25, -0.2) is 14.4 Å². The number of carbonyl (C=O) groups is 2. The van der Waals surface area contributed by atoms with Crippen molar-refractivity contribution in [1.82, 2.24) is 0 Å². The highest BCUT2D eigenvalue weighted by Gasteiger charge is 2.87. The lowest BCUT2D eigenvalue weighted by molar-refractivity contribution is -0.384. The Hall–Kier alpha value is -5.67. The molecule has 2 aliphatic heterocycles. The number of nitrogens with zero attached hydrogens (tertiary/aromatic N) is 3. The molecule has 224 valence electrons. The second-order valence-electron chi connectivity index (χ2n) is 12.2. The Labute approximate surface area is 262 Å². The summed E-state index contributed by atoms with van der Waals surface area (Å²) in [5.41, 5.74) is 1.30. The fourth-order valence-corrected chi connectivity index (χ4v) is 8.65. The van der Waals surface area contributed by atoms with E-state index in [9.17, 15) is 14.5 Å². The molecule has 3 unspecified atom stereocenters. The molecule has 3 atom stereocenters. The number of nitro benzene ring substituents is 1. The molecule has 0 aromatic heterocycles. The molecule has 5 aromatic rings. The van der Waals surface area contributed by atoms with Crippen molar-refractivity contribution in [3.05, 3.63) is 171 Å². The fourth-order valence-electron chi connectivity index (χ4n) is 8.65. The third-order valence-electron chi connectivity index (χ3n) is 10.2. The number of rotatable bonds is 4. The summed E-state index contributed by atoms with van der Waals surface area (Å²) in [5, 5.41) is 13.5. The first kappa shape index (κ1) is 26.7. The van der Waals surface area contributed by atoms with Crippen molar-refractivity contribution in [1.29, 1.82) is 0 Å². The number of hydroxylamine groups is 1. The SMILES string of the molecule is O=C1N(c2cccc([N+](=O)[O-])c2)C(=O)C23C4c5ccccc5C(c5ccccc54)C12ON(c1ccccc1)C3c1ccc(F)cc1. The highest BCUT2D eigenvalue weighted by atomic mass is 19.1. The van der Waals surface area contributed by atoms with Crippen LogP contribution in [0.25, 0.3) is 0 Å². The molecule has 2 fully saturated rings. The first-order valence-corrected chi connectivity index (χ1v) is 15.0. The van der Waals surface area contributed by atoms with Crippen LogP contribution in [0, 0.1) is 21.3 Å².